The van der Waals surface area contributed by atoms with E-state index in [1.807, 2.05) is 13.8 Å². The van der Waals surface area contributed by atoms with Crippen molar-refractivity contribution in [3.63, 3.8) is 0 Å². The van der Waals surface area contributed by atoms with Crippen molar-refractivity contribution in [2.24, 2.45) is 0 Å². The molecular weight excluding hydrogens is 232 g/mol. The van der Waals surface area contributed by atoms with Crippen molar-refractivity contribution >= 4 is 11.7 Å². The van der Waals surface area contributed by atoms with E-state index in [1.54, 1.807) is 6.07 Å². The number of aromatic amines is 1. The van der Waals surface area contributed by atoms with Crippen LogP contribution in [0.3, 0.4) is 0 Å². The zero-order valence-electron chi connectivity index (χ0n) is 10.3. The van der Waals surface area contributed by atoms with Gasteiger partial charge in [-0.05, 0) is 26.7 Å². The first-order valence-electron chi connectivity index (χ1n) is 5.94. The number of amides is 1. The number of hydrogen-bond acceptors (Lipinski definition) is 4. The first-order chi connectivity index (χ1) is 8.65. The monoisotopic (exact) mass is 246 g/mol. The second-order valence-electron chi connectivity index (χ2n) is 4.67. The van der Waals surface area contributed by atoms with E-state index in [2.05, 4.69) is 20.7 Å². The van der Waals surface area contributed by atoms with Gasteiger partial charge >= 0.3 is 0 Å². The van der Waals surface area contributed by atoms with Crippen molar-refractivity contribution in [1.82, 2.24) is 15.4 Å². The Kier molecular flexibility index (Phi) is 2.43. The van der Waals surface area contributed by atoms with Crippen LogP contribution in [0.25, 0.3) is 0 Å². The molecule has 1 saturated carbocycles. The molecule has 0 radical (unpaired) electrons. The maximum atomic E-state index is 11.9. The van der Waals surface area contributed by atoms with Crippen LogP contribution in [-0.4, -0.2) is 21.3 Å². The summed E-state index contributed by atoms with van der Waals surface area (Å²) in [5.74, 6) is 1.50. The van der Waals surface area contributed by atoms with E-state index in [4.69, 9.17) is 4.52 Å². The maximum Gasteiger partial charge on any atom is 0.279 e. The fraction of sp³-hybridized carbons (Fsp3) is 0.417. The molecule has 6 nitrogen and oxygen atoms in total. The summed E-state index contributed by atoms with van der Waals surface area (Å²) in [4.78, 5) is 11.9. The van der Waals surface area contributed by atoms with E-state index in [0.717, 1.165) is 29.9 Å². The molecule has 1 aliphatic carbocycles. The predicted octanol–water partition coefficient (Wildman–Crippen LogP) is 2.14. The van der Waals surface area contributed by atoms with Crippen LogP contribution >= 0.6 is 0 Å². The summed E-state index contributed by atoms with van der Waals surface area (Å²) in [6.07, 6.45) is 2.24. The summed E-state index contributed by atoms with van der Waals surface area (Å²) in [7, 11) is 0. The molecule has 0 aliphatic heterocycles. The topological polar surface area (TPSA) is 83.8 Å². The molecule has 0 spiro atoms. The first-order valence-corrected chi connectivity index (χ1v) is 5.94. The van der Waals surface area contributed by atoms with E-state index in [-0.39, 0.29) is 5.91 Å². The van der Waals surface area contributed by atoms with E-state index >= 15 is 0 Å². The van der Waals surface area contributed by atoms with E-state index in [1.165, 1.54) is 0 Å². The average Bonchev–Trinajstić information content (AvgIpc) is 3.02. The summed E-state index contributed by atoms with van der Waals surface area (Å²) < 4.78 is 5.14. The van der Waals surface area contributed by atoms with Crippen LogP contribution in [0.15, 0.2) is 10.6 Å². The van der Waals surface area contributed by atoms with Crippen molar-refractivity contribution in [2.75, 3.05) is 5.32 Å². The number of aromatic nitrogens is 3. The number of nitrogens with one attached hydrogen (secondary N) is 2. The second kappa shape index (κ2) is 3.97. The molecule has 1 amide bonds. The normalized spacial score (nSPS) is 14.8. The lowest BCUT2D eigenvalue weighted by molar-refractivity contribution is 0.101. The highest BCUT2D eigenvalue weighted by molar-refractivity contribution is 6.02. The Hall–Kier alpha value is -2.11. The van der Waals surface area contributed by atoms with E-state index in [9.17, 15) is 4.79 Å². The molecule has 0 bridgehead atoms. The second-order valence-corrected chi connectivity index (χ2v) is 4.67. The van der Waals surface area contributed by atoms with Crippen molar-refractivity contribution in [3.8, 4) is 0 Å². The van der Waals surface area contributed by atoms with Crippen LogP contribution < -0.4 is 5.32 Å². The van der Waals surface area contributed by atoms with Gasteiger partial charge in [0.2, 0.25) is 0 Å². The largest absolute Gasteiger partial charge is 0.360 e. The third-order valence-electron chi connectivity index (χ3n) is 3.23. The number of carbonyl (C=O) groups is 1. The molecule has 2 heterocycles. The number of nitrogens with zero attached hydrogens (tertiary/aromatic N) is 2. The summed E-state index contributed by atoms with van der Waals surface area (Å²) >= 11 is 0. The number of H-pyrrole nitrogens is 1. The highest BCUT2D eigenvalue weighted by atomic mass is 16.5. The van der Waals surface area contributed by atoms with Crippen LogP contribution in [0, 0.1) is 13.8 Å². The van der Waals surface area contributed by atoms with Gasteiger partial charge in [0.15, 0.2) is 11.5 Å². The van der Waals surface area contributed by atoms with Gasteiger partial charge in [-0.2, -0.15) is 5.10 Å². The van der Waals surface area contributed by atoms with E-state index in [0.29, 0.717) is 17.4 Å². The minimum Gasteiger partial charge on any atom is -0.360 e. The van der Waals surface area contributed by atoms with Crippen LogP contribution in [0.2, 0.25) is 0 Å². The lowest BCUT2D eigenvalue weighted by atomic mass is 10.2. The Morgan fingerprint density at radius 1 is 1.50 bits per heavy atom. The molecule has 0 saturated heterocycles. The highest BCUT2D eigenvalue weighted by Gasteiger charge is 2.29. The standard InChI is InChI=1S/C12H14N4O2/c1-6-7(2)14-15-11(6)13-12(17)9-5-10(18-16-9)8-3-4-8/h5,8H,3-4H2,1-2H3,(H2,13,14,15,17). The summed E-state index contributed by atoms with van der Waals surface area (Å²) in [5.41, 5.74) is 2.16. The quantitative estimate of drug-likeness (QED) is 0.869. The number of hydrogen-bond donors (Lipinski definition) is 2. The van der Waals surface area contributed by atoms with Crippen LogP contribution in [0.1, 0.15) is 46.3 Å². The third-order valence-corrected chi connectivity index (χ3v) is 3.23. The Bertz CT molecular complexity index is 595. The van der Waals surface area contributed by atoms with E-state index < -0.39 is 0 Å². The number of carbonyl (C=O) groups excluding carboxylic acids is 1. The lowest BCUT2D eigenvalue weighted by Gasteiger charge is -1.99. The van der Waals surface area contributed by atoms with Gasteiger partial charge in [-0.25, -0.2) is 0 Å². The molecule has 1 aliphatic rings. The molecule has 6 heteroatoms. The van der Waals surface area contributed by atoms with Crippen LogP contribution in [0.4, 0.5) is 5.82 Å². The molecular formula is C12H14N4O2. The maximum absolute atomic E-state index is 11.9. The molecule has 94 valence electrons. The van der Waals surface area contributed by atoms with Gasteiger partial charge in [0.25, 0.3) is 5.91 Å². The number of anilines is 1. The van der Waals surface area contributed by atoms with Crippen molar-refractivity contribution in [1.29, 1.82) is 0 Å². The van der Waals surface area contributed by atoms with Gasteiger partial charge in [0, 0.05) is 23.2 Å². The van der Waals surface area contributed by atoms with Gasteiger partial charge in [-0.1, -0.05) is 5.16 Å². The van der Waals surface area contributed by atoms with Crippen molar-refractivity contribution < 1.29 is 9.32 Å². The smallest absolute Gasteiger partial charge is 0.279 e. The van der Waals surface area contributed by atoms with Crippen molar-refractivity contribution in [3.05, 3.63) is 28.8 Å². The minimum absolute atomic E-state index is 0.291. The molecule has 2 aromatic heterocycles. The predicted molar refractivity (Wildman–Crippen MR) is 64.5 cm³/mol. The highest BCUT2D eigenvalue weighted by Crippen LogP contribution is 2.40. The average molecular weight is 246 g/mol. The molecule has 2 N–H and O–H groups in total. The Balaban J connectivity index is 1.75. The van der Waals surface area contributed by atoms with Gasteiger partial charge in [-0.15, -0.1) is 0 Å². The third kappa shape index (κ3) is 1.90. The van der Waals surface area contributed by atoms with Crippen LogP contribution in [-0.2, 0) is 0 Å². The summed E-state index contributed by atoms with van der Waals surface area (Å²) in [6, 6.07) is 1.71. The van der Waals surface area contributed by atoms with Gasteiger partial charge in [-0.3, -0.25) is 9.89 Å². The summed E-state index contributed by atoms with van der Waals surface area (Å²) in [5, 5.41) is 13.3. The van der Waals surface area contributed by atoms with Crippen LogP contribution in [0.5, 0.6) is 0 Å². The molecule has 0 atom stereocenters. The zero-order chi connectivity index (χ0) is 12.7. The molecule has 18 heavy (non-hydrogen) atoms. The number of aryl methyl sites for hydroxylation is 1. The molecule has 3 rings (SSSR count). The van der Waals surface area contributed by atoms with Crippen molar-refractivity contribution in [2.45, 2.75) is 32.6 Å². The fourth-order valence-corrected chi connectivity index (χ4v) is 1.73. The minimum atomic E-state index is -0.291. The lowest BCUT2D eigenvalue weighted by Crippen LogP contribution is -2.13. The Labute approximate surface area is 104 Å². The molecule has 2 aromatic rings. The molecule has 0 unspecified atom stereocenters. The molecule has 1 fully saturated rings. The fourth-order valence-electron chi connectivity index (χ4n) is 1.73. The SMILES string of the molecule is Cc1[nH]nc(NC(=O)c2cc(C3CC3)on2)c1C. The Morgan fingerprint density at radius 3 is 2.89 bits per heavy atom. The van der Waals surface area contributed by atoms with Gasteiger partial charge in [0.1, 0.15) is 5.76 Å². The van der Waals surface area contributed by atoms with Gasteiger partial charge in [0.05, 0.1) is 0 Å². The zero-order valence-corrected chi connectivity index (χ0v) is 10.3. The number of rotatable bonds is 3. The summed E-state index contributed by atoms with van der Waals surface area (Å²) in [6.45, 7) is 3.80. The van der Waals surface area contributed by atoms with Gasteiger partial charge < -0.3 is 9.84 Å². The Morgan fingerprint density at radius 2 is 2.28 bits per heavy atom. The first kappa shape index (κ1) is 11.0. The molecule has 0 aromatic carbocycles.